The standard InChI is InChI=1S/C11H9BrN2OS/c12-7-3-4-16-10(7)11-13-8(6-1-2-6)5-9(15)14-11/h3-6H,1-2H2,(H,13,14,15). The first-order chi connectivity index (χ1) is 7.74. The normalized spacial score (nSPS) is 15.3. The monoisotopic (exact) mass is 296 g/mol. The van der Waals surface area contributed by atoms with Crippen LogP contribution >= 0.6 is 27.3 Å². The van der Waals surface area contributed by atoms with E-state index in [1.165, 1.54) is 0 Å². The summed E-state index contributed by atoms with van der Waals surface area (Å²) >= 11 is 5.03. The van der Waals surface area contributed by atoms with Gasteiger partial charge in [0.25, 0.3) is 5.56 Å². The molecule has 0 amide bonds. The lowest BCUT2D eigenvalue weighted by Crippen LogP contribution is -2.09. The van der Waals surface area contributed by atoms with Crippen LogP contribution in [-0.2, 0) is 0 Å². The molecule has 0 spiro atoms. The van der Waals surface area contributed by atoms with E-state index in [-0.39, 0.29) is 5.56 Å². The van der Waals surface area contributed by atoms with E-state index in [0.717, 1.165) is 27.9 Å². The summed E-state index contributed by atoms with van der Waals surface area (Å²) < 4.78 is 0.980. The van der Waals surface area contributed by atoms with Crippen LogP contribution in [-0.4, -0.2) is 9.97 Å². The highest BCUT2D eigenvalue weighted by atomic mass is 79.9. The van der Waals surface area contributed by atoms with Crippen molar-refractivity contribution in [3.05, 3.63) is 38.0 Å². The Morgan fingerprint density at radius 2 is 2.31 bits per heavy atom. The zero-order valence-electron chi connectivity index (χ0n) is 8.37. The Labute approximate surface area is 105 Å². The van der Waals surface area contributed by atoms with Gasteiger partial charge in [-0.2, -0.15) is 0 Å². The van der Waals surface area contributed by atoms with Gasteiger partial charge in [-0.15, -0.1) is 11.3 Å². The molecule has 0 unspecified atom stereocenters. The molecule has 1 fully saturated rings. The van der Waals surface area contributed by atoms with E-state index >= 15 is 0 Å². The van der Waals surface area contributed by atoms with Crippen molar-refractivity contribution >= 4 is 27.3 Å². The number of H-pyrrole nitrogens is 1. The van der Waals surface area contributed by atoms with Crippen LogP contribution in [0.4, 0.5) is 0 Å². The highest BCUT2D eigenvalue weighted by Gasteiger charge is 2.26. The summed E-state index contributed by atoms with van der Waals surface area (Å²) in [6, 6.07) is 3.58. The van der Waals surface area contributed by atoms with Crippen molar-refractivity contribution in [3.63, 3.8) is 0 Å². The Kier molecular flexibility index (Phi) is 2.44. The number of nitrogens with zero attached hydrogens (tertiary/aromatic N) is 1. The molecule has 0 radical (unpaired) electrons. The Morgan fingerprint density at radius 3 is 2.94 bits per heavy atom. The molecular formula is C11H9BrN2OS. The lowest BCUT2D eigenvalue weighted by atomic mass is 10.3. The first-order valence-corrected chi connectivity index (χ1v) is 6.76. The van der Waals surface area contributed by atoms with E-state index in [1.807, 2.05) is 11.4 Å². The maximum Gasteiger partial charge on any atom is 0.251 e. The van der Waals surface area contributed by atoms with Crippen LogP contribution in [0.25, 0.3) is 10.7 Å². The molecular weight excluding hydrogens is 288 g/mol. The van der Waals surface area contributed by atoms with Crippen LogP contribution in [0.15, 0.2) is 26.8 Å². The Balaban J connectivity index is 2.13. The van der Waals surface area contributed by atoms with Gasteiger partial charge < -0.3 is 4.98 Å². The molecule has 16 heavy (non-hydrogen) atoms. The van der Waals surface area contributed by atoms with Crippen molar-refractivity contribution in [2.45, 2.75) is 18.8 Å². The zero-order chi connectivity index (χ0) is 11.1. The van der Waals surface area contributed by atoms with Crippen LogP contribution in [0.2, 0.25) is 0 Å². The Bertz CT molecular complexity index is 586. The quantitative estimate of drug-likeness (QED) is 0.925. The molecule has 0 bridgehead atoms. The topological polar surface area (TPSA) is 45.8 Å². The molecule has 1 saturated carbocycles. The average Bonchev–Trinajstić information content (AvgIpc) is 3.01. The molecule has 3 rings (SSSR count). The highest BCUT2D eigenvalue weighted by molar-refractivity contribution is 9.10. The lowest BCUT2D eigenvalue weighted by Gasteiger charge is -2.01. The zero-order valence-corrected chi connectivity index (χ0v) is 10.8. The first kappa shape index (κ1) is 10.2. The fraction of sp³-hybridized carbons (Fsp3) is 0.273. The number of hydrogen-bond donors (Lipinski definition) is 1. The van der Waals surface area contributed by atoms with Gasteiger partial charge in [0.05, 0.1) is 10.6 Å². The fourth-order valence-electron chi connectivity index (χ4n) is 1.63. The van der Waals surface area contributed by atoms with E-state index < -0.39 is 0 Å². The minimum absolute atomic E-state index is 0.0628. The largest absolute Gasteiger partial charge is 0.306 e. The van der Waals surface area contributed by atoms with Gasteiger partial charge in [-0.05, 0) is 40.2 Å². The maximum absolute atomic E-state index is 11.5. The van der Waals surface area contributed by atoms with Gasteiger partial charge >= 0.3 is 0 Å². The van der Waals surface area contributed by atoms with Gasteiger partial charge in [-0.25, -0.2) is 4.98 Å². The van der Waals surface area contributed by atoms with Gasteiger partial charge in [0.1, 0.15) is 0 Å². The number of thiophene rings is 1. The molecule has 0 aliphatic heterocycles. The van der Waals surface area contributed by atoms with Gasteiger partial charge in [-0.1, -0.05) is 0 Å². The summed E-state index contributed by atoms with van der Waals surface area (Å²) in [6.45, 7) is 0. The third-order valence-corrected chi connectivity index (χ3v) is 4.43. The van der Waals surface area contributed by atoms with Gasteiger partial charge in [0.15, 0.2) is 5.82 Å². The van der Waals surface area contributed by atoms with Crippen molar-refractivity contribution in [2.75, 3.05) is 0 Å². The van der Waals surface area contributed by atoms with Gasteiger partial charge in [0.2, 0.25) is 0 Å². The molecule has 1 aliphatic carbocycles. The number of hydrogen-bond acceptors (Lipinski definition) is 3. The predicted molar refractivity (Wildman–Crippen MR) is 67.8 cm³/mol. The van der Waals surface area contributed by atoms with Crippen LogP contribution in [0, 0.1) is 0 Å². The van der Waals surface area contributed by atoms with Crippen molar-refractivity contribution in [2.24, 2.45) is 0 Å². The molecule has 0 atom stereocenters. The van der Waals surface area contributed by atoms with Crippen molar-refractivity contribution < 1.29 is 0 Å². The summed E-state index contributed by atoms with van der Waals surface area (Å²) in [7, 11) is 0. The molecule has 0 aromatic carbocycles. The number of nitrogens with one attached hydrogen (secondary N) is 1. The molecule has 1 aliphatic rings. The van der Waals surface area contributed by atoms with E-state index in [9.17, 15) is 4.79 Å². The number of halogens is 1. The lowest BCUT2D eigenvalue weighted by molar-refractivity contribution is 0.979. The van der Waals surface area contributed by atoms with Crippen LogP contribution < -0.4 is 5.56 Å². The second-order valence-electron chi connectivity index (χ2n) is 3.89. The molecule has 82 valence electrons. The summed E-state index contributed by atoms with van der Waals surface area (Å²) in [5, 5.41) is 1.98. The van der Waals surface area contributed by atoms with Crippen molar-refractivity contribution in [3.8, 4) is 10.7 Å². The minimum Gasteiger partial charge on any atom is -0.306 e. The predicted octanol–water partition coefficient (Wildman–Crippen LogP) is 3.14. The fourth-order valence-corrected chi connectivity index (χ4v) is 3.14. The first-order valence-electron chi connectivity index (χ1n) is 5.08. The van der Waals surface area contributed by atoms with E-state index in [0.29, 0.717) is 11.7 Å². The molecule has 0 saturated heterocycles. The van der Waals surface area contributed by atoms with Crippen LogP contribution in [0.3, 0.4) is 0 Å². The number of aromatic amines is 1. The Hall–Kier alpha value is -0.940. The highest BCUT2D eigenvalue weighted by Crippen LogP contribution is 2.39. The van der Waals surface area contributed by atoms with E-state index in [2.05, 4.69) is 25.9 Å². The van der Waals surface area contributed by atoms with Crippen LogP contribution in [0.5, 0.6) is 0 Å². The molecule has 2 aromatic heterocycles. The summed E-state index contributed by atoms with van der Waals surface area (Å²) in [5.74, 6) is 1.18. The molecule has 1 N–H and O–H groups in total. The van der Waals surface area contributed by atoms with E-state index in [1.54, 1.807) is 17.4 Å². The third kappa shape index (κ3) is 1.85. The summed E-state index contributed by atoms with van der Waals surface area (Å²) in [6.07, 6.45) is 2.31. The second-order valence-corrected chi connectivity index (χ2v) is 5.66. The van der Waals surface area contributed by atoms with E-state index in [4.69, 9.17) is 0 Å². The average molecular weight is 297 g/mol. The molecule has 2 aromatic rings. The van der Waals surface area contributed by atoms with Crippen molar-refractivity contribution in [1.82, 2.24) is 9.97 Å². The third-order valence-electron chi connectivity index (χ3n) is 2.59. The minimum atomic E-state index is -0.0628. The molecule has 3 nitrogen and oxygen atoms in total. The Morgan fingerprint density at radius 1 is 1.50 bits per heavy atom. The molecule has 2 heterocycles. The van der Waals surface area contributed by atoms with Gasteiger partial charge in [-0.3, -0.25) is 4.79 Å². The SMILES string of the molecule is O=c1cc(C2CC2)nc(-c2sccc2Br)[nH]1. The van der Waals surface area contributed by atoms with Crippen molar-refractivity contribution in [1.29, 1.82) is 0 Å². The number of rotatable bonds is 2. The smallest absolute Gasteiger partial charge is 0.251 e. The van der Waals surface area contributed by atoms with Gasteiger partial charge in [0, 0.05) is 16.5 Å². The maximum atomic E-state index is 11.5. The summed E-state index contributed by atoms with van der Waals surface area (Å²) in [4.78, 5) is 19.8. The molecule has 5 heteroatoms. The second kappa shape index (κ2) is 3.82. The van der Waals surface area contributed by atoms with Crippen LogP contribution in [0.1, 0.15) is 24.5 Å². The summed E-state index contributed by atoms with van der Waals surface area (Å²) in [5.41, 5.74) is 0.867. The number of aromatic nitrogens is 2.